The van der Waals surface area contributed by atoms with Crippen molar-refractivity contribution in [2.24, 2.45) is 5.73 Å². The molecule has 0 atom stereocenters. The van der Waals surface area contributed by atoms with Gasteiger partial charge in [-0.3, -0.25) is 9.69 Å². The summed E-state index contributed by atoms with van der Waals surface area (Å²) >= 11 is 0. The highest BCUT2D eigenvalue weighted by atomic mass is 16.5. The Morgan fingerprint density at radius 3 is 2.62 bits per heavy atom. The number of hydrogen-bond donors (Lipinski definition) is 2. The normalized spacial score (nSPS) is 17.3. The minimum Gasteiger partial charge on any atom is -0.369 e. The van der Waals surface area contributed by atoms with E-state index in [-0.39, 0.29) is 17.9 Å². The second-order valence-electron chi connectivity index (χ2n) is 6.62. The average Bonchev–Trinajstić information content (AvgIpc) is 2.87. The molecule has 1 fully saturated rings. The van der Waals surface area contributed by atoms with Crippen molar-refractivity contribution in [1.29, 1.82) is 0 Å². The summed E-state index contributed by atoms with van der Waals surface area (Å²) < 4.78 is 5.31. The second kappa shape index (κ2) is 6.53. The number of rotatable bonds is 5. The number of primary amides is 1. The van der Waals surface area contributed by atoms with Crippen molar-refractivity contribution in [3.05, 3.63) is 11.7 Å². The smallest absolute Gasteiger partial charge is 0.232 e. The summed E-state index contributed by atoms with van der Waals surface area (Å²) in [6.45, 7) is 8.71. The molecule has 1 aliphatic rings. The number of nitrogens with one attached hydrogen (secondary N) is 1. The number of carbonyl (C=O) groups is 1. The Labute approximate surface area is 125 Å². The van der Waals surface area contributed by atoms with Gasteiger partial charge in [-0.05, 0) is 25.9 Å². The molecule has 118 valence electrons. The lowest BCUT2D eigenvalue weighted by atomic mass is 9.97. The van der Waals surface area contributed by atoms with Gasteiger partial charge in [-0.2, -0.15) is 4.98 Å². The summed E-state index contributed by atoms with van der Waals surface area (Å²) in [7, 11) is 0. The fraction of sp³-hybridized carbons (Fsp3) is 0.786. The Morgan fingerprint density at radius 2 is 2.10 bits per heavy atom. The summed E-state index contributed by atoms with van der Waals surface area (Å²) in [6.07, 6.45) is 1.99. The number of piperidine rings is 1. The van der Waals surface area contributed by atoms with E-state index in [1.165, 1.54) is 0 Å². The van der Waals surface area contributed by atoms with Crippen molar-refractivity contribution < 1.29 is 9.32 Å². The number of hydrogen-bond acceptors (Lipinski definition) is 6. The Hall–Kier alpha value is -1.47. The molecule has 1 saturated heterocycles. The molecule has 7 heteroatoms. The first kappa shape index (κ1) is 15.9. The van der Waals surface area contributed by atoms with Crippen LogP contribution in [-0.4, -0.2) is 46.6 Å². The highest BCUT2D eigenvalue weighted by molar-refractivity contribution is 5.75. The number of nitrogens with zero attached hydrogens (tertiary/aromatic N) is 3. The minimum absolute atomic E-state index is 0.172. The molecular formula is C14H25N5O2. The Balaban J connectivity index is 2.07. The molecule has 2 heterocycles. The Morgan fingerprint density at radius 1 is 1.43 bits per heavy atom. The van der Waals surface area contributed by atoms with Gasteiger partial charge in [-0.1, -0.05) is 25.9 Å². The van der Waals surface area contributed by atoms with E-state index < -0.39 is 0 Å². The van der Waals surface area contributed by atoms with E-state index in [0.29, 0.717) is 24.3 Å². The molecule has 0 spiro atoms. The first-order valence-corrected chi connectivity index (χ1v) is 7.42. The van der Waals surface area contributed by atoms with Gasteiger partial charge >= 0.3 is 0 Å². The molecule has 0 aromatic carbocycles. The van der Waals surface area contributed by atoms with Gasteiger partial charge in [0.2, 0.25) is 11.8 Å². The van der Waals surface area contributed by atoms with Crippen LogP contribution in [0.5, 0.6) is 0 Å². The molecule has 1 amide bonds. The van der Waals surface area contributed by atoms with Crippen LogP contribution in [0.3, 0.4) is 0 Å². The topological polar surface area (TPSA) is 97.3 Å². The molecule has 1 aromatic rings. The van der Waals surface area contributed by atoms with E-state index >= 15 is 0 Å². The third kappa shape index (κ3) is 4.50. The maximum absolute atomic E-state index is 11.3. The van der Waals surface area contributed by atoms with Gasteiger partial charge in [0.1, 0.15) is 0 Å². The summed E-state index contributed by atoms with van der Waals surface area (Å²) in [6, 6.07) is 0.329. The number of carbonyl (C=O) groups excluding carboxylic acids is 1. The molecule has 1 aromatic heterocycles. The molecule has 0 saturated carbocycles. The van der Waals surface area contributed by atoms with Gasteiger partial charge in [0.05, 0.1) is 13.1 Å². The first-order valence-electron chi connectivity index (χ1n) is 7.42. The van der Waals surface area contributed by atoms with E-state index in [1.807, 2.05) is 20.8 Å². The Kier molecular flexibility index (Phi) is 4.95. The molecule has 0 aliphatic carbocycles. The predicted octanol–water partition coefficient (Wildman–Crippen LogP) is 0.406. The lowest BCUT2D eigenvalue weighted by Gasteiger charge is -2.32. The summed E-state index contributed by atoms with van der Waals surface area (Å²) in [4.78, 5) is 17.8. The largest absolute Gasteiger partial charge is 0.369 e. The van der Waals surface area contributed by atoms with Crippen LogP contribution in [0.2, 0.25) is 0 Å². The van der Waals surface area contributed by atoms with E-state index in [0.717, 1.165) is 25.9 Å². The van der Waals surface area contributed by atoms with Gasteiger partial charge in [-0.25, -0.2) is 0 Å². The first-order chi connectivity index (χ1) is 9.86. The van der Waals surface area contributed by atoms with Gasteiger partial charge in [0.25, 0.3) is 0 Å². The van der Waals surface area contributed by atoms with Crippen LogP contribution in [0, 0.1) is 0 Å². The minimum atomic E-state index is -0.326. The van der Waals surface area contributed by atoms with Crippen molar-refractivity contribution in [1.82, 2.24) is 20.4 Å². The van der Waals surface area contributed by atoms with Crippen LogP contribution in [-0.2, 0) is 16.8 Å². The summed E-state index contributed by atoms with van der Waals surface area (Å²) in [5, 5.41) is 7.35. The average molecular weight is 295 g/mol. The van der Waals surface area contributed by atoms with Crippen molar-refractivity contribution >= 4 is 5.91 Å². The molecule has 21 heavy (non-hydrogen) atoms. The van der Waals surface area contributed by atoms with Crippen molar-refractivity contribution in [2.45, 2.75) is 51.6 Å². The summed E-state index contributed by atoms with van der Waals surface area (Å²) in [5.41, 5.74) is 5.20. The molecule has 2 rings (SSSR count). The molecule has 0 bridgehead atoms. The zero-order valence-corrected chi connectivity index (χ0v) is 13.1. The van der Waals surface area contributed by atoms with Gasteiger partial charge < -0.3 is 15.6 Å². The number of nitrogens with two attached hydrogens (primary N) is 1. The molecule has 1 aliphatic heterocycles. The van der Waals surface area contributed by atoms with Gasteiger partial charge in [0.15, 0.2) is 5.82 Å². The zero-order chi connectivity index (χ0) is 15.5. The lowest BCUT2D eigenvalue weighted by Crippen LogP contribution is -2.46. The van der Waals surface area contributed by atoms with E-state index in [1.54, 1.807) is 0 Å². The molecular weight excluding hydrogens is 270 g/mol. The van der Waals surface area contributed by atoms with Crippen molar-refractivity contribution in [3.8, 4) is 0 Å². The maximum Gasteiger partial charge on any atom is 0.232 e. The van der Waals surface area contributed by atoms with Gasteiger partial charge in [0, 0.05) is 11.5 Å². The monoisotopic (exact) mass is 295 g/mol. The van der Waals surface area contributed by atoms with Crippen LogP contribution >= 0.6 is 0 Å². The fourth-order valence-electron chi connectivity index (χ4n) is 2.49. The highest BCUT2D eigenvalue weighted by Crippen LogP contribution is 2.21. The van der Waals surface area contributed by atoms with Crippen LogP contribution in [0.1, 0.15) is 45.3 Å². The standard InChI is InChI=1S/C14H25N5O2/c1-14(2,3)13-17-12(18-21-13)9-19(8-11(15)20)10-4-6-16-7-5-10/h10,16H,4-9H2,1-3H3,(H2,15,20). The predicted molar refractivity (Wildman–Crippen MR) is 78.5 cm³/mol. The molecule has 0 radical (unpaired) electrons. The lowest BCUT2D eigenvalue weighted by molar-refractivity contribution is -0.120. The number of amides is 1. The molecule has 0 unspecified atom stereocenters. The highest BCUT2D eigenvalue weighted by Gasteiger charge is 2.26. The number of aromatic nitrogens is 2. The van der Waals surface area contributed by atoms with E-state index in [4.69, 9.17) is 10.3 Å². The summed E-state index contributed by atoms with van der Waals surface area (Å²) in [5.74, 6) is 0.898. The van der Waals surface area contributed by atoms with Crippen LogP contribution in [0.4, 0.5) is 0 Å². The Bertz CT molecular complexity index is 474. The second-order valence-corrected chi connectivity index (χ2v) is 6.62. The van der Waals surface area contributed by atoms with Crippen LogP contribution in [0.25, 0.3) is 0 Å². The van der Waals surface area contributed by atoms with Crippen LogP contribution < -0.4 is 11.1 Å². The van der Waals surface area contributed by atoms with E-state index in [2.05, 4.69) is 20.4 Å². The van der Waals surface area contributed by atoms with Gasteiger partial charge in [-0.15, -0.1) is 0 Å². The SMILES string of the molecule is CC(C)(C)c1nc(CN(CC(N)=O)C2CCNCC2)no1. The zero-order valence-electron chi connectivity index (χ0n) is 13.1. The molecule has 7 nitrogen and oxygen atoms in total. The van der Waals surface area contributed by atoms with Crippen LogP contribution in [0.15, 0.2) is 4.52 Å². The van der Waals surface area contributed by atoms with Crippen molar-refractivity contribution in [2.75, 3.05) is 19.6 Å². The third-order valence-corrected chi connectivity index (χ3v) is 3.64. The fourth-order valence-corrected chi connectivity index (χ4v) is 2.49. The third-order valence-electron chi connectivity index (χ3n) is 3.64. The van der Waals surface area contributed by atoms with Crippen molar-refractivity contribution in [3.63, 3.8) is 0 Å². The molecule has 3 N–H and O–H groups in total. The quantitative estimate of drug-likeness (QED) is 0.816. The maximum atomic E-state index is 11.3. The van der Waals surface area contributed by atoms with E-state index in [9.17, 15) is 4.79 Å².